The summed E-state index contributed by atoms with van der Waals surface area (Å²) in [6.45, 7) is 12.6. The Morgan fingerprint density at radius 3 is 2.44 bits per heavy atom. The van der Waals surface area contributed by atoms with Crippen molar-refractivity contribution in [1.82, 2.24) is 14.5 Å². The summed E-state index contributed by atoms with van der Waals surface area (Å²) in [7, 11) is 0. The molecule has 0 N–H and O–H groups in total. The molecular formula is C20H28N4O. The molecule has 134 valence electrons. The van der Waals surface area contributed by atoms with Crippen molar-refractivity contribution >= 4 is 11.6 Å². The van der Waals surface area contributed by atoms with Gasteiger partial charge in [0.25, 0.3) is 0 Å². The normalized spacial score (nSPS) is 15.8. The van der Waals surface area contributed by atoms with E-state index in [2.05, 4.69) is 47.0 Å². The predicted molar refractivity (Wildman–Crippen MR) is 102 cm³/mol. The largest absolute Gasteiger partial charge is 0.354 e. The monoisotopic (exact) mass is 340 g/mol. The van der Waals surface area contributed by atoms with Crippen LogP contribution in [0.3, 0.4) is 0 Å². The maximum Gasteiger partial charge on any atom is 0.178 e. The van der Waals surface area contributed by atoms with Crippen molar-refractivity contribution in [2.75, 3.05) is 37.6 Å². The first-order valence-electron chi connectivity index (χ1n) is 9.07. The Balaban J connectivity index is 1.61. The van der Waals surface area contributed by atoms with Crippen LogP contribution in [-0.4, -0.2) is 53.0 Å². The van der Waals surface area contributed by atoms with Gasteiger partial charge >= 0.3 is 0 Å². The van der Waals surface area contributed by atoms with Crippen LogP contribution >= 0.6 is 0 Å². The maximum atomic E-state index is 12.8. The van der Waals surface area contributed by atoms with Crippen LogP contribution < -0.4 is 4.90 Å². The highest BCUT2D eigenvalue weighted by molar-refractivity contribution is 5.99. The molecule has 5 heteroatoms. The van der Waals surface area contributed by atoms with Gasteiger partial charge in [0.1, 0.15) is 5.82 Å². The number of aromatic nitrogens is 2. The first kappa shape index (κ1) is 17.7. The minimum Gasteiger partial charge on any atom is -0.354 e. The molecule has 0 radical (unpaired) electrons. The third kappa shape index (κ3) is 3.76. The summed E-state index contributed by atoms with van der Waals surface area (Å²) in [4.78, 5) is 21.7. The van der Waals surface area contributed by atoms with Crippen molar-refractivity contribution in [2.45, 2.75) is 33.7 Å². The van der Waals surface area contributed by atoms with Crippen molar-refractivity contribution in [3.05, 3.63) is 47.4 Å². The molecular weight excluding hydrogens is 312 g/mol. The Morgan fingerprint density at radius 1 is 1.16 bits per heavy atom. The van der Waals surface area contributed by atoms with E-state index in [9.17, 15) is 4.79 Å². The first-order chi connectivity index (χ1) is 12.0. The van der Waals surface area contributed by atoms with E-state index >= 15 is 0 Å². The molecule has 2 aromatic rings. The Morgan fingerprint density at radius 2 is 1.88 bits per heavy atom. The number of hydrogen-bond acceptors (Lipinski definition) is 4. The van der Waals surface area contributed by atoms with Crippen LogP contribution in [0.4, 0.5) is 5.82 Å². The average Bonchev–Trinajstić information content (AvgIpc) is 2.91. The van der Waals surface area contributed by atoms with Crippen molar-refractivity contribution in [3.8, 4) is 0 Å². The number of pyridine rings is 1. The molecule has 5 nitrogen and oxygen atoms in total. The summed E-state index contributed by atoms with van der Waals surface area (Å²) >= 11 is 0. The van der Waals surface area contributed by atoms with Gasteiger partial charge in [-0.15, -0.1) is 0 Å². The quantitative estimate of drug-likeness (QED) is 0.785. The van der Waals surface area contributed by atoms with Crippen LogP contribution in [0.1, 0.15) is 41.6 Å². The van der Waals surface area contributed by atoms with E-state index in [-0.39, 0.29) is 5.78 Å². The molecule has 1 aliphatic rings. The van der Waals surface area contributed by atoms with Crippen molar-refractivity contribution in [1.29, 1.82) is 0 Å². The van der Waals surface area contributed by atoms with Crippen molar-refractivity contribution in [3.63, 3.8) is 0 Å². The van der Waals surface area contributed by atoms with Gasteiger partial charge in [-0.1, -0.05) is 6.07 Å². The highest BCUT2D eigenvalue weighted by Gasteiger charge is 2.23. The Hall–Kier alpha value is -2.14. The van der Waals surface area contributed by atoms with Crippen LogP contribution in [0, 0.1) is 13.8 Å². The zero-order valence-electron chi connectivity index (χ0n) is 15.7. The standard InChI is InChI=1S/C20H28N4O/c1-15(2)24-16(3)13-18(17(24)4)19(25)14-22-9-11-23(12-10-22)20-7-5-6-8-21-20/h5-8,13,15H,9-12,14H2,1-4H3. The van der Waals surface area contributed by atoms with E-state index in [1.54, 1.807) is 0 Å². The second-order valence-corrected chi connectivity index (χ2v) is 7.12. The van der Waals surface area contributed by atoms with Gasteiger partial charge in [0.05, 0.1) is 6.54 Å². The Labute approximate surface area is 150 Å². The van der Waals surface area contributed by atoms with Crippen molar-refractivity contribution < 1.29 is 4.79 Å². The molecule has 1 saturated heterocycles. The molecule has 0 aromatic carbocycles. The third-order valence-corrected chi connectivity index (χ3v) is 5.01. The van der Waals surface area contributed by atoms with E-state index in [4.69, 9.17) is 0 Å². The molecule has 25 heavy (non-hydrogen) atoms. The lowest BCUT2D eigenvalue weighted by molar-refractivity contribution is 0.0925. The fourth-order valence-corrected chi connectivity index (χ4v) is 3.82. The predicted octanol–water partition coefficient (Wildman–Crippen LogP) is 3.09. The minimum absolute atomic E-state index is 0.228. The number of aryl methyl sites for hydroxylation is 1. The zero-order chi connectivity index (χ0) is 18.0. The zero-order valence-corrected chi connectivity index (χ0v) is 15.7. The molecule has 2 aromatic heterocycles. The van der Waals surface area contributed by atoms with Gasteiger partial charge in [-0.3, -0.25) is 9.69 Å². The summed E-state index contributed by atoms with van der Waals surface area (Å²) in [5.74, 6) is 1.25. The number of Topliss-reactive ketones (excluding diaryl/α,β-unsaturated/α-hetero) is 1. The second-order valence-electron chi connectivity index (χ2n) is 7.12. The van der Waals surface area contributed by atoms with E-state index in [1.807, 2.05) is 30.5 Å². The summed E-state index contributed by atoms with van der Waals surface area (Å²) in [6, 6.07) is 8.42. The van der Waals surface area contributed by atoms with Gasteiger partial charge in [0, 0.05) is 55.4 Å². The lowest BCUT2D eigenvalue weighted by atomic mass is 10.1. The summed E-state index contributed by atoms with van der Waals surface area (Å²) in [5.41, 5.74) is 3.12. The Bertz CT molecular complexity index is 728. The number of piperazine rings is 1. The molecule has 0 unspecified atom stereocenters. The van der Waals surface area contributed by atoms with Gasteiger partial charge in [-0.05, 0) is 45.9 Å². The van der Waals surface area contributed by atoms with E-state index in [0.29, 0.717) is 12.6 Å². The average molecular weight is 340 g/mol. The van der Waals surface area contributed by atoms with Gasteiger partial charge < -0.3 is 9.47 Å². The fraction of sp³-hybridized carbons (Fsp3) is 0.500. The molecule has 1 fully saturated rings. The number of carbonyl (C=O) groups excluding carboxylic acids is 1. The molecule has 0 aliphatic carbocycles. The second kappa shape index (κ2) is 7.40. The first-order valence-corrected chi connectivity index (χ1v) is 9.07. The van der Waals surface area contributed by atoms with E-state index < -0.39 is 0 Å². The van der Waals surface area contributed by atoms with E-state index in [1.165, 1.54) is 0 Å². The molecule has 0 amide bonds. The molecule has 3 heterocycles. The molecule has 0 saturated carbocycles. The van der Waals surface area contributed by atoms with Crippen LogP contribution in [0.5, 0.6) is 0 Å². The van der Waals surface area contributed by atoms with Crippen molar-refractivity contribution in [2.24, 2.45) is 0 Å². The molecule has 3 rings (SSSR count). The van der Waals surface area contributed by atoms with Gasteiger partial charge in [0.15, 0.2) is 5.78 Å². The highest BCUT2D eigenvalue weighted by Crippen LogP contribution is 2.21. The lowest BCUT2D eigenvalue weighted by Gasteiger charge is -2.35. The number of ketones is 1. The molecule has 0 spiro atoms. The van der Waals surface area contributed by atoms with Crippen LogP contribution in [0.25, 0.3) is 0 Å². The van der Waals surface area contributed by atoms with Gasteiger partial charge in [-0.2, -0.15) is 0 Å². The van der Waals surface area contributed by atoms with Crippen LogP contribution in [-0.2, 0) is 0 Å². The third-order valence-electron chi connectivity index (χ3n) is 5.01. The van der Waals surface area contributed by atoms with Gasteiger partial charge in [0.2, 0.25) is 0 Å². The number of rotatable bonds is 5. The van der Waals surface area contributed by atoms with Gasteiger partial charge in [-0.25, -0.2) is 4.98 Å². The van der Waals surface area contributed by atoms with E-state index in [0.717, 1.165) is 48.9 Å². The van der Waals surface area contributed by atoms with Crippen LogP contribution in [0.2, 0.25) is 0 Å². The molecule has 0 bridgehead atoms. The smallest absolute Gasteiger partial charge is 0.178 e. The molecule has 1 aliphatic heterocycles. The summed E-state index contributed by atoms with van der Waals surface area (Å²) in [6.07, 6.45) is 1.83. The summed E-state index contributed by atoms with van der Waals surface area (Å²) < 4.78 is 2.24. The number of nitrogens with zero attached hydrogens (tertiary/aromatic N) is 4. The number of carbonyl (C=O) groups is 1. The maximum absolute atomic E-state index is 12.8. The minimum atomic E-state index is 0.228. The highest BCUT2D eigenvalue weighted by atomic mass is 16.1. The molecule has 0 atom stereocenters. The summed E-state index contributed by atoms with van der Waals surface area (Å²) in [5, 5.41) is 0. The number of anilines is 1. The topological polar surface area (TPSA) is 41.4 Å². The number of hydrogen-bond donors (Lipinski definition) is 0. The van der Waals surface area contributed by atoms with Crippen LogP contribution in [0.15, 0.2) is 30.5 Å². The fourth-order valence-electron chi connectivity index (χ4n) is 3.82. The SMILES string of the molecule is Cc1cc(C(=O)CN2CCN(c3ccccn3)CC2)c(C)n1C(C)C. The Kier molecular flexibility index (Phi) is 5.23. The lowest BCUT2D eigenvalue weighted by Crippen LogP contribution is -2.48.